The van der Waals surface area contributed by atoms with E-state index in [1.165, 1.54) is 0 Å². The van der Waals surface area contributed by atoms with Crippen molar-refractivity contribution in [1.82, 2.24) is 0 Å². The molecule has 0 bridgehead atoms. The van der Waals surface area contributed by atoms with E-state index in [2.05, 4.69) is 25.3 Å². The quantitative estimate of drug-likeness (QED) is 0.505. The summed E-state index contributed by atoms with van der Waals surface area (Å²) < 4.78 is 21.7. The van der Waals surface area contributed by atoms with Crippen molar-refractivity contribution >= 4 is 7.82 Å². The maximum Gasteiger partial charge on any atom is 0.472 e. The van der Waals surface area contributed by atoms with Gasteiger partial charge in [-0.15, -0.1) is 0 Å². The third-order valence-electron chi connectivity index (χ3n) is 3.12. The monoisotopic (exact) mass is 254 g/mol. The van der Waals surface area contributed by atoms with Crippen molar-refractivity contribution in [2.45, 2.75) is 27.7 Å². The highest BCUT2D eigenvalue weighted by Crippen LogP contribution is 2.42. The minimum Gasteiger partial charge on any atom is -0.322 e. The SMILES string of the molecule is CCOP(=O)(O)OCC[N+](CC)(CC)CC. The molecule has 0 saturated heterocycles. The number of rotatable bonds is 9. The highest BCUT2D eigenvalue weighted by Gasteiger charge is 2.25. The van der Waals surface area contributed by atoms with E-state index < -0.39 is 7.82 Å². The third kappa shape index (κ3) is 5.41. The normalized spacial score (nSPS) is 16.1. The number of quaternary nitrogens is 1. The highest BCUT2D eigenvalue weighted by molar-refractivity contribution is 7.47. The number of hydrogen-bond acceptors (Lipinski definition) is 3. The van der Waals surface area contributed by atoms with E-state index >= 15 is 0 Å². The molecule has 0 fully saturated rings. The second kappa shape index (κ2) is 7.41. The van der Waals surface area contributed by atoms with Gasteiger partial charge in [-0.1, -0.05) is 0 Å². The Kier molecular flexibility index (Phi) is 7.44. The lowest BCUT2D eigenvalue weighted by atomic mass is 10.3. The maximum atomic E-state index is 11.3. The van der Waals surface area contributed by atoms with E-state index in [-0.39, 0.29) is 13.2 Å². The zero-order valence-electron chi connectivity index (χ0n) is 10.8. The fraction of sp³-hybridized carbons (Fsp3) is 1.00. The zero-order valence-corrected chi connectivity index (χ0v) is 11.7. The molecule has 0 amide bonds. The predicted octanol–water partition coefficient (Wildman–Crippen LogP) is 2.02. The number of phosphoric ester groups is 1. The summed E-state index contributed by atoms with van der Waals surface area (Å²) in [5, 5.41) is 0. The van der Waals surface area contributed by atoms with Crippen LogP contribution in [0.25, 0.3) is 0 Å². The minimum atomic E-state index is -3.82. The summed E-state index contributed by atoms with van der Waals surface area (Å²) in [5.74, 6) is 0. The van der Waals surface area contributed by atoms with Crippen LogP contribution in [0.3, 0.4) is 0 Å². The van der Waals surface area contributed by atoms with Gasteiger partial charge in [0.1, 0.15) is 13.2 Å². The van der Waals surface area contributed by atoms with Crippen molar-refractivity contribution in [2.24, 2.45) is 0 Å². The van der Waals surface area contributed by atoms with E-state index in [0.29, 0.717) is 0 Å². The highest BCUT2D eigenvalue weighted by atomic mass is 31.2. The molecular formula is C10H25NO4P+. The third-order valence-corrected chi connectivity index (χ3v) is 4.22. The molecule has 16 heavy (non-hydrogen) atoms. The molecule has 5 nitrogen and oxygen atoms in total. The van der Waals surface area contributed by atoms with Crippen LogP contribution in [-0.4, -0.2) is 48.8 Å². The van der Waals surface area contributed by atoms with Crippen molar-refractivity contribution in [2.75, 3.05) is 39.4 Å². The molecule has 1 N–H and O–H groups in total. The number of likely N-dealkylation sites (N-methyl/N-ethyl adjacent to an activating group) is 1. The van der Waals surface area contributed by atoms with Gasteiger partial charge in [0, 0.05) is 0 Å². The molecule has 0 radical (unpaired) electrons. The van der Waals surface area contributed by atoms with Crippen molar-refractivity contribution in [3.8, 4) is 0 Å². The average Bonchev–Trinajstić information content (AvgIpc) is 2.25. The molecule has 0 heterocycles. The molecule has 0 spiro atoms. The van der Waals surface area contributed by atoms with Crippen LogP contribution in [0.5, 0.6) is 0 Å². The van der Waals surface area contributed by atoms with Gasteiger partial charge in [-0.25, -0.2) is 4.57 Å². The van der Waals surface area contributed by atoms with Crippen LogP contribution in [0.1, 0.15) is 27.7 Å². The Hall–Kier alpha value is 0.0700. The van der Waals surface area contributed by atoms with Gasteiger partial charge in [0.2, 0.25) is 0 Å². The molecule has 6 heteroatoms. The first-order chi connectivity index (χ1) is 7.45. The minimum absolute atomic E-state index is 0.184. The summed E-state index contributed by atoms with van der Waals surface area (Å²) in [7, 11) is -3.82. The lowest BCUT2D eigenvalue weighted by Crippen LogP contribution is -2.49. The summed E-state index contributed by atoms with van der Waals surface area (Å²) in [5.41, 5.74) is 0. The molecule has 98 valence electrons. The molecule has 0 aliphatic heterocycles. The Morgan fingerprint density at radius 2 is 1.56 bits per heavy atom. The first-order valence-electron chi connectivity index (χ1n) is 5.92. The molecule has 0 saturated carbocycles. The van der Waals surface area contributed by atoms with Crippen LogP contribution in [0.2, 0.25) is 0 Å². The van der Waals surface area contributed by atoms with E-state index in [1.54, 1.807) is 6.92 Å². The largest absolute Gasteiger partial charge is 0.472 e. The van der Waals surface area contributed by atoms with E-state index in [9.17, 15) is 9.46 Å². The van der Waals surface area contributed by atoms with Crippen molar-refractivity contribution in [1.29, 1.82) is 0 Å². The fourth-order valence-electron chi connectivity index (χ4n) is 1.70. The first-order valence-corrected chi connectivity index (χ1v) is 7.41. The van der Waals surface area contributed by atoms with Gasteiger partial charge < -0.3 is 9.38 Å². The Morgan fingerprint density at radius 1 is 1.06 bits per heavy atom. The van der Waals surface area contributed by atoms with Gasteiger partial charge in [-0.2, -0.15) is 0 Å². The Morgan fingerprint density at radius 3 is 1.94 bits per heavy atom. The Labute approximate surface area is 98.6 Å². The van der Waals surface area contributed by atoms with Crippen molar-refractivity contribution < 1.29 is 23.0 Å². The van der Waals surface area contributed by atoms with E-state index in [4.69, 9.17) is 4.52 Å². The summed E-state index contributed by atoms with van der Waals surface area (Å²) in [4.78, 5) is 9.23. The predicted molar refractivity (Wildman–Crippen MR) is 64.2 cm³/mol. The number of phosphoric acid groups is 1. The standard InChI is InChI=1S/C10H24NO4P/c1-5-11(6-2,7-3)9-10-15-16(12,13)14-8-4/h5-10H2,1-4H3/p+1. The van der Waals surface area contributed by atoms with Crippen LogP contribution in [0.4, 0.5) is 0 Å². The van der Waals surface area contributed by atoms with Crippen LogP contribution in [0.15, 0.2) is 0 Å². The molecule has 0 aromatic rings. The van der Waals surface area contributed by atoms with Gasteiger partial charge in [0.15, 0.2) is 0 Å². The molecule has 1 unspecified atom stereocenters. The van der Waals surface area contributed by atoms with Crippen LogP contribution in [0, 0.1) is 0 Å². The summed E-state index contributed by atoms with van der Waals surface area (Å²) in [6.45, 7) is 12.2. The van der Waals surface area contributed by atoms with Gasteiger partial charge in [-0.3, -0.25) is 9.05 Å². The summed E-state index contributed by atoms with van der Waals surface area (Å²) in [6, 6.07) is 0. The topological polar surface area (TPSA) is 55.8 Å². The second-order valence-electron chi connectivity index (χ2n) is 3.73. The Bertz CT molecular complexity index is 223. The molecular weight excluding hydrogens is 229 g/mol. The van der Waals surface area contributed by atoms with Gasteiger partial charge in [0.05, 0.1) is 26.2 Å². The average molecular weight is 254 g/mol. The second-order valence-corrected chi connectivity index (χ2v) is 5.19. The number of hydrogen-bond donors (Lipinski definition) is 1. The lowest BCUT2D eigenvalue weighted by molar-refractivity contribution is -0.923. The molecule has 0 aromatic carbocycles. The van der Waals surface area contributed by atoms with E-state index in [0.717, 1.165) is 30.7 Å². The van der Waals surface area contributed by atoms with Gasteiger partial charge in [-0.05, 0) is 27.7 Å². The number of nitrogens with zero attached hydrogens (tertiary/aromatic N) is 1. The van der Waals surface area contributed by atoms with Crippen molar-refractivity contribution in [3.05, 3.63) is 0 Å². The smallest absolute Gasteiger partial charge is 0.322 e. The van der Waals surface area contributed by atoms with Crippen LogP contribution >= 0.6 is 7.82 Å². The summed E-state index contributed by atoms with van der Waals surface area (Å²) >= 11 is 0. The fourth-order valence-corrected chi connectivity index (χ4v) is 2.41. The molecule has 0 aromatic heterocycles. The molecule has 0 aliphatic carbocycles. The van der Waals surface area contributed by atoms with Crippen molar-refractivity contribution in [3.63, 3.8) is 0 Å². The van der Waals surface area contributed by atoms with Gasteiger partial charge >= 0.3 is 7.82 Å². The Balaban J connectivity index is 4.09. The molecule has 0 rings (SSSR count). The zero-order chi connectivity index (χ0) is 12.7. The van der Waals surface area contributed by atoms with E-state index in [1.807, 2.05) is 0 Å². The first kappa shape index (κ1) is 16.1. The lowest BCUT2D eigenvalue weighted by Gasteiger charge is -2.35. The summed E-state index contributed by atoms with van der Waals surface area (Å²) in [6.07, 6.45) is 0. The van der Waals surface area contributed by atoms with Gasteiger partial charge in [0.25, 0.3) is 0 Å². The van der Waals surface area contributed by atoms with Crippen LogP contribution < -0.4 is 0 Å². The molecule has 0 aliphatic rings. The molecule has 1 atom stereocenters. The van der Waals surface area contributed by atoms with Crippen LogP contribution in [-0.2, 0) is 13.6 Å². The maximum absolute atomic E-state index is 11.3.